The molecule has 4 heteroatoms. The second kappa shape index (κ2) is 5.49. The van der Waals surface area contributed by atoms with E-state index in [0.29, 0.717) is 11.6 Å². The number of rotatable bonds is 4. The van der Waals surface area contributed by atoms with Crippen molar-refractivity contribution >= 4 is 5.82 Å². The Bertz CT molecular complexity index is 540. The van der Waals surface area contributed by atoms with Crippen molar-refractivity contribution < 1.29 is 4.74 Å². The van der Waals surface area contributed by atoms with E-state index in [1.54, 1.807) is 7.11 Å². The topological polar surface area (TPSA) is 61.0 Å². The molecular formula is C14H17N3O. The zero-order valence-electron chi connectivity index (χ0n) is 10.7. The molecule has 18 heavy (non-hydrogen) atoms. The molecule has 0 saturated heterocycles. The Morgan fingerprint density at radius 3 is 2.72 bits per heavy atom. The summed E-state index contributed by atoms with van der Waals surface area (Å²) in [6.45, 7) is 2.11. The minimum atomic E-state index is 0.495. The molecule has 1 aromatic carbocycles. The molecule has 2 N–H and O–H groups in total. The molecule has 0 aliphatic rings. The largest absolute Gasteiger partial charge is 0.496 e. The van der Waals surface area contributed by atoms with Gasteiger partial charge in [0.2, 0.25) is 0 Å². The lowest BCUT2D eigenvalue weighted by Crippen LogP contribution is -2.01. The highest BCUT2D eigenvalue weighted by Gasteiger charge is 2.09. The number of nitrogen functional groups attached to an aromatic ring is 1. The third-order valence-corrected chi connectivity index (χ3v) is 2.65. The van der Waals surface area contributed by atoms with E-state index in [9.17, 15) is 0 Å². The summed E-state index contributed by atoms with van der Waals surface area (Å²) in [4.78, 5) is 8.81. The molecule has 0 amide bonds. The highest BCUT2D eigenvalue weighted by atomic mass is 16.5. The maximum Gasteiger partial charge on any atom is 0.165 e. The molecule has 0 fully saturated rings. The van der Waals surface area contributed by atoms with Crippen molar-refractivity contribution in [2.24, 2.45) is 0 Å². The van der Waals surface area contributed by atoms with Crippen molar-refractivity contribution in [2.45, 2.75) is 19.8 Å². The fourth-order valence-electron chi connectivity index (χ4n) is 1.85. The molecule has 1 heterocycles. The summed E-state index contributed by atoms with van der Waals surface area (Å²) >= 11 is 0. The van der Waals surface area contributed by atoms with E-state index < -0.39 is 0 Å². The number of hydrogen-bond acceptors (Lipinski definition) is 4. The van der Waals surface area contributed by atoms with Gasteiger partial charge in [-0.05, 0) is 18.6 Å². The molecule has 1 aromatic heterocycles. The van der Waals surface area contributed by atoms with Crippen molar-refractivity contribution in [1.29, 1.82) is 0 Å². The van der Waals surface area contributed by atoms with Gasteiger partial charge >= 0.3 is 0 Å². The zero-order chi connectivity index (χ0) is 13.0. The molecule has 94 valence electrons. The minimum Gasteiger partial charge on any atom is -0.496 e. The first-order valence-electron chi connectivity index (χ1n) is 6.01. The van der Waals surface area contributed by atoms with Crippen LogP contribution in [0.4, 0.5) is 5.82 Å². The third kappa shape index (κ3) is 2.59. The number of para-hydroxylation sites is 1. The first kappa shape index (κ1) is 12.4. The lowest BCUT2D eigenvalue weighted by molar-refractivity contribution is 0.416. The molecule has 2 rings (SSSR count). The van der Waals surface area contributed by atoms with Gasteiger partial charge in [0.05, 0.1) is 12.7 Å². The standard InChI is InChI=1S/C14H17N3O/c1-3-6-10-9-13(15)17-14(16-10)11-7-4-5-8-12(11)18-2/h4-5,7-9H,3,6H2,1-2H3,(H2,15,16,17). The Labute approximate surface area is 107 Å². The summed E-state index contributed by atoms with van der Waals surface area (Å²) in [6, 6.07) is 9.50. The summed E-state index contributed by atoms with van der Waals surface area (Å²) in [6.07, 6.45) is 1.93. The molecule has 0 bridgehead atoms. The fourth-order valence-corrected chi connectivity index (χ4v) is 1.85. The minimum absolute atomic E-state index is 0.495. The Kier molecular flexibility index (Phi) is 3.77. The molecule has 0 aliphatic heterocycles. The van der Waals surface area contributed by atoms with Crippen LogP contribution in [0.5, 0.6) is 5.75 Å². The number of ether oxygens (including phenoxy) is 1. The number of aromatic nitrogens is 2. The van der Waals surface area contributed by atoms with Crippen LogP contribution in [0.2, 0.25) is 0 Å². The Morgan fingerprint density at radius 1 is 1.22 bits per heavy atom. The number of aryl methyl sites for hydroxylation is 1. The first-order valence-corrected chi connectivity index (χ1v) is 6.01. The number of nitrogens with zero attached hydrogens (tertiary/aromatic N) is 2. The van der Waals surface area contributed by atoms with Gasteiger partial charge in [0.1, 0.15) is 11.6 Å². The quantitative estimate of drug-likeness (QED) is 0.896. The predicted octanol–water partition coefficient (Wildman–Crippen LogP) is 2.69. The van der Waals surface area contributed by atoms with Crippen molar-refractivity contribution in [2.75, 3.05) is 12.8 Å². The van der Waals surface area contributed by atoms with Crippen LogP contribution in [0.3, 0.4) is 0 Å². The van der Waals surface area contributed by atoms with Gasteiger partial charge in [-0.1, -0.05) is 25.5 Å². The third-order valence-electron chi connectivity index (χ3n) is 2.65. The molecule has 0 saturated carbocycles. The van der Waals surface area contributed by atoms with Crippen LogP contribution < -0.4 is 10.5 Å². The molecule has 0 atom stereocenters. The van der Waals surface area contributed by atoms with Crippen LogP contribution in [0.25, 0.3) is 11.4 Å². The predicted molar refractivity (Wildman–Crippen MR) is 72.4 cm³/mol. The van der Waals surface area contributed by atoms with Gasteiger partial charge in [0.15, 0.2) is 5.82 Å². The van der Waals surface area contributed by atoms with Crippen LogP contribution >= 0.6 is 0 Å². The van der Waals surface area contributed by atoms with Crippen LogP contribution in [0.15, 0.2) is 30.3 Å². The summed E-state index contributed by atoms with van der Waals surface area (Å²) in [7, 11) is 1.64. The monoisotopic (exact) mass is 243 g/mol. The van der Waals surface area contributed by atoms with Crippen molar-refractivity contribution in [3.63, 3.8) is 0 Å². The number of nitrogens with two attached hydrogens (primary N) is 1. The SMILES string of the molecule is CCCc1cc(N)nc(-c2ccccc2OC)n1. The number of hydrogen-bond donors (Lipinski definition) is 1. The average Bonchev–Trinajstić information content (AvgIpc) is 2.38. The van der Waals surface area contributed by atoms with Gasteiger partial charge in [-0.15, -0.1) is 0 Å². The van der Waals surface area contributed by atoms with Crippen molar-refractivity contribution in [3.05, 3.63) is 36.0 Å². The number of benzene rings is 1. The van der Waals surface area contributed by atoms with Crippen LogP contribution in [0, 0.1) is 0 Å². The fraction of sp³-hybridized carbons (Fsp3) is 0.286. The highest BCUT2D eigenvalue weighted by molar-refractivity contribution is 5.65. The van der Waals surface area contributed by atoms with Crippen molar-refractivity contribution in [1.82, 2.24) is 9.97 Å². The van der Waals surface area contributed by atoms with Gasteiger partial charge in [-0.3, -0.25) is 0 Å². The van der Waals surface area contributed by atoms with Crippen LogP contribution in [-0.2, 0) is 6.42 Å². The van der Waals surface area contributed by atoms with E-state index in [4.69, 9.17) is 10.5 Å². The molecule has 0 aliphatic carbocycles. The molecular weight excluding hydrogens is 226 g/mol. The van der Waals surface area contributed by atoms with E-state index in [1.165, 1.54) is 0 Å². The summed E-state index contributed by atoms with van der Waals surface area (Å²) in [5, 5.41) is 0. The van der Waals surface area contributed by atoms with Gasteiger partial charge < -0.3 is 10.5 Å². The molecule has 0 unspecified atom stereocenters. The molecule has 0 spiro atoms. The Balaban J connectivity index is 2.49. The van der Waals surface area contributed by atoms with Crippen LogP contribution in [-0.4, -0.2) is 17.1 Å². The number of anilines is 1. The summed E-state index contributed by atoms with van der Waals surface area (Å²) < 4.78 is 5.32. The average molecular weight is 243 g/mol. The zero-order valence-corrected chi connectivity index (χ0v) is 10.7. The van der Waals surface area contributed by atoms with E-state index in [2.05, 4.69) is 16.9 Å². The van der Waals surface area contributed by atoms with E-state index >= 15 is 0 Å². The normalized spacial score (nSPS) is 10.3. The smallest absolute Gasteiger partial charge is 0.165 e. The lowest BCUT2D eigenvalue weighted by atomic mass is 10.1. The van der Waals surface area contributed by atoms with E-state index in [0.717, 1.165) is 29.8 Å². The maximum atomic E-state index is 5.83. The Hall–Kier alpha value is -2.10. The lowest BCUT2D eigenvalue weighted by Gasteiger charge is -2.09. The summed E-state index contributed by atoms with van der Waals surface area (Å²) in [5.41, 5.74) is 7.66. The van der Waals surface area contributed by atoms with Crippen molar-refractivity contribution in [3.8, 4) is 17.1 Å². The van der Waals surface area contributed by atoms with Gasteiger partial charge in [-0.25, -0.2) is 9.97 Å². The second-order valence-corrected chi connectivity index (χ2v) is 4.06. The first-order chi connectivity index (χ1) is 8.74. The molecule has 0 radical (unpaired) electrons. The van der Waals surface area contributed by atoms with Crippen LogP contribution in [0.1, 0.15) is 19.0 Å². The molecule has 2 aromatic rings. The van der Waals surface area contributed by atoms with Gasteiger partial charge in [0.25, 0.3) is 0 Å². The highest BCUT2D eigenvalue weighted by Crippen LogP contribution is 2.27. The number of methoxy groups -OCH3 is 1. The second-order valence-electron chi connectivity index (χ2n) is 4.06. The molecule has 4 nitrogen and oxygen atoms in total. The van der Waals surface area contributed by atoms with Gasteiger partial charge in [0, 0.05) is 11.8 Å². The maximum absolute atomic E-state index is 5.83. The van der Waals surface area contributed by atoms with E-state index in [1.807, 2.05) is 30.3 Å². The van der Waals surface area contributed by atoms with E-state index in [-0.39, 0.29) is 0 Å². The Morgan fingerprint density at radius 2 is 2.00 bits per heavy atom. The summed E-state index contributed by atoms with van der Waals surface area (Å²) in [5.74, 6) is 1.87. The van der Waals surface area contributed by atoms with Gasteiger partial charge in [-0.2, -0.15) is 0 Å².